The predicted molar refractivity (Wildman–Crippen MR) is 125 cm³/mol. The summed E-state index contributed by atoms with van der Waals surface area (Å²) >= 11 is 1.32. The summed E-state index contributed by atoms with van der Waals surface area (Å²) in [7, 11) is 0. The summed E-state index contributed by atoms with van der Waals surface area (Å²) in [4.78, 5) is 33.6. The monoisotopic (exact) mass is 461 g/mol. The normalized spacial score (nSPS) is 10.7. The standard InChI is InChI=1S/C24H23N5O3S/c1-3-32-24(31)19-8-6-17(7-9-19)15-29-12-10-20(28-29)23-27-16(2)21(33-23)22(30)26-14-18-5-4-11-25-13-18/h4-13H,3,14-15H2,1-2H3,(H,26,30). The van der Waals surface area contributed by atoms with E-state index in [-0.39, 0.29) is 11.9 Å². The zero-order chi connectivity index (χ0) is 23.2. The molecule has 0 bridgehead atoms. The van der Waals surface area contributed by atoms with Crippen LogP contribution in [0.25, 0.3) is 10.7 Å². The van der Waals surface area contributed by atoms with Gasteiger partial charge in [0.15, 0.2) is 0 Å². The van der Waals surface area contributed by atoms with Crippen LogP contribution in [-0.4, -0.2) is 38.2 Å². The van der Waals surface area contributed by atoms with Crippen molar-refractivity contribution in [2.75, 3.05) is 6.61 Å². The molecule has 3 aromatic heterocycles. The second kappa shape index (κ2) is 10.2. The van der Waals surface area contributed by atoms with Crippen LogP contribution in [0, 0.1) is 6.92 Å². The molecule has 0 unspecified atom stereocenters. The number of hydrogen-bond donors (Lipinski definition) is 1. The fourth-order valence-corrected chi connectivity index (χ4v) is 4.14. The lowest BCUT2D eigenvalue weighted by molar-refractivity contribution is 0.0526. The molecule has 9 heteroatoms. The first-order chi connectivity index (χ1) is 16.0. The van der Waals surface area contributed by atoms with Crippen molar-refractivity contribution in [3.05, 3.63) is 88.3 Å². The van der Waals surface area contributed by atoms with E-state index in [1.165, 1.54) is 11.3 Å². The van der Waals surface area contributed by atoms with Crippen molar-refractivity contribution in [2.45, 2.75) is 26.9 Å². The van der Waals surface area contributed by atoms with Crippen LogP contribution >= 0.6 is 11.3 Å². The molecule has 4 rings (SSSR count). The Morgan fingerprint density at radius 2 is 1.94 bits per heavy atom. The van der Waals surface area contributed by atoms with Crippen molar-refractivity contribution >= 4 is 23.2 Å². The van der Waals surface area contributed by atoms with Crippen LogP contribution in [0.4, 0.5) is 0 Å². The quantitative estimate of drug-likeness (QED) is 0.400. The maximum atomic E-state index is 12.6. The summed E-state index contributed by atoms with van der Waals surface area (Å²) in [5, 5.41) is 8.21. The molecule has 0 aliphatic heterocycles. The van der Waals surface area contributed by atoms with Gasteiger partial charge in [-0.15, -0.1) is 11.3 Å². The van der Waals surface area contributed by atoms with Crippen LogP contribution in [0.5, 0.6) is 0 Å². The SMILES string of the molecule is CCOC(=O)c1ccc(Cn2ccc(-c3nc(C)c(C(=O)NCc4cccnc4)s3)n2)cc1. The summed E-state index contributed by atoms with van der Waals surface area (Å²) in [6, 6.07) is 12.9. The minimum Gasteiger partial charge on any atom is -0.462 e. The largest absolute Gasteiger partial charge is 0.462 e. The van der Waals surface area contributed by atoms with Crippen molar-refractivity contribution < 1.29 is 14.3 Å². The Hall–Kier alpha value is -3.85. The van der Waals surface area contributed by atoms with Gasteiger partial charge in [-0.2, -0.15) is 5.10 Å². The van der Waals surface area contributed by atoms with Gasteiger partial charge in [0.25, 0.3) is 5.91 Å². The van der Waals surface area contributed by atoms with Gasteiger partial charge < -0.3 is 10.1 Å². The van der Waals surface area contributed by atoms with E-state index in [9.17, 15) is 9.59 Å². The smallest absolute Gasteiger partial charge is 0.338 e. The molecular formula is C24H23N5O3S. The van der Waals surface area contributed by atoms with Crippen molar-refractivity contribution in [3.63, 3.8) is 0 Å². The van der Waals surface area contributed by atoms with E-state index < -0.39 is 0 Å². The molecule has 0 saturated heterocycles. The number of carbonyl (C=O) groups excluding carboxylic acids is 2. The fourth-order valence-electron chi connectivity index (χ4n) is 3.19. The summed E-state index contributed by atoms with van der Waals surface area (Å²) < 4.78 is 6.81. The number of aryl methyl sites for hydroxylation is 1. The summed E-state index contributed by atoms with van der Waals surface area (Å²) in [6.07, 6.45) is 5.29. The van der Waals surface area contributed by atoms with E-state index in [4.69, 9.17) is 4.74 Å². The minimum absolute atomic E-state index is 0.166. The third kappa shape index (κ3) is 5.50. The number of rotatable bonds is 8. The number of ether oxygens (including phenoxy) is 1. The molecule has 0 spiro atoms. The Balaban J connectivity index is 1.41. The number of nitrogens with zero attached hydrogens (tertiary/aromatic N) is 4. The Kier molecular flexibility index (Phi) is 6.89. The highest BCUT2D eigenvalue weighted by atomic mass is 32.1. The second-order valence-electron chi connectivity index (χ2n) is 7.29. The van der Waals surface area contributed by atoms with Crippen molar-refractivity contribution in [2.24, 2.45) is 0 Å². The van der Waals surface area contributed by atoms with E-state index in [0.29, 0.717) is 46.5 Å². The maximum absolute atomic E-state index is 12.6. The zero-order valence-electron chi connectivity index (χ0n) is 18.3. The molecule has 33 heavy (non-hydrogen) atoms. The van der Waals surface area contributed by atoms with Crippen LogP contribution in [0.3, 0.4) is 0 Å². The van der Waals surface area contributed by atoms with Crippen molar-refractivity contribution in [3.8, 4) is 10.7 Å². The molecule has 0 fully saturated rings. The summed E-state index contributed by atoms with van der Waals surface area (Å²) in [6.45, 7) is 4.90. The van der Waals surface area contributed by atoms with E-state index in [0.717, 1.165) is 11.1 Å². The van der Waals surface area contributed by atoms with Gasteiger partial charge in [0.05, 0.1) is 24.4 Å². The molecule has 0 aliphatic rings. The molecule has 168 valence electrons. The van der Waals surface area contributed by atoms with E-state index in [2.05, 4.69) is 20.4 Å². The first-order valence-corrected chi connectivity index (χ1v) is 11.3. The van der Waals surface area contributed by atoms with Crippen LogP contribution in [0.1, 0.15) is 43.8 Å². The molecule has 0 saturated carbocycles. The number of esters is 1. The summed E-state index contributed by atoms with van der Waals surface area (Å²) in [5.41, 5.74) is 3.83. The van der Waals surface area contributed by atoms with Crippen LogP contribution in [0.2, 0.25) is 0 Å². The predicted octanol–water partition coefficient (Wildman–Crippen LogP) is 3.87. The Bertz CT molecular complexity index is 1250. The zero-order valence-corrected chi connectivity index (χ0v) is 19.1. The van der Waals surface area contributed by atoms with Gasteiger partial charge in [0.1, 0.15) is 15.6 Å². The lowest BCUT2D eigenvalue weighted by Crippen LogP contribution is -2.22. The first kappa shape index (κ1) is 22.3. The van der Waals surface area contributed by atoms with Gasteiger partial charge in [-0.1, -0.05) is 18.2 Å². The topological polar surface area (TPSA) is 99.0 Å². The average molecular weight is 462 g/mol. The number of aromatic nitrogens is 4. The number of nitrogens with one attached hydrogen (secondary N) is 1. The third-order valence-electron chi connectivity index (χ3n) is 4.85. The number of amides is 1. The first-order valence-electron chi connectivity index (χ1n) is 10.5. The molecule has 0 atom stereocenters. The van der Waals surface area contributed by atoms with Crippen molar-refractivity contribution in [1.29, 1.82) is 0 Å². The molecule has 4 aromatic rings. The Morgan fingerprint density at radius 3 is 2.67 bits per heavy atom. The van der Waals surface area contributed by atoms with Crippen LogP contribution in [-0.2, 0) is 17.8 Å². The number of pyridine rings is 1. The third-order valence-corrected chi connectivity index (χ3v) is 6.03. The molecule has 1 aromatic carbocycles. The number of carbonyl (C=O) groups is 2. The minimum atomic E-state index is -0.329. The van der Waals surface area contributed by atoms with Gasteiger partial charge in [-0.3, -0.25) is 14.5 Å². The van der Waals surface area contributed by atoms with Gasteiger partial charge in [-0.25, -0.2) is 9.78 Å². The average Bonchev–Trinajstić information content (AvgIpc) is 3.45. The van der Waals surface area contributed by atoms with Gasteiger partial charge >= 0.3 is 5.97 Å². The molecule has 0 radical (unpaired) electrons. The van der Waals surface area contributed by atoms with Crippen molar-refractivity contribution in [1.82, 2.24) is 25.1 Å². The number of benzene rings is 1. The fraction of sp³-hybridized carbons (Fsp3) is 0.208. The van der Waals surface area contributed by atoms with Crippen LogP contribution in [0.15, 0.2) is 61.1 Å². The van der Waals surface area contributed by atoms with Gasteiger partial charge in [0.2, 0.25) is 0 Å². The van der Waals surface area contributed by atoms with Gasteiger partial charge in [0, 0.05) is 25.1 Å². The molecule has 3 heterocycles. The lowest BCUT2D eigenvalue weighted by Gasteiger charge is -2.04. The summed E-state index contributed by atoms with van der Waals surface area (Å²) in [5.74, 6) is -0.494. The second-order valence-corrected chi connectivity index (χ2v) is 8.29. The van der Waals surface area contributed by atoms with Gasteiger partial charge in [-0.05, 0) is 49.2 Å². The van der Waals surface area contributed by atoms with E-state index in [1.54, 1.807) is 36.1 Å². The highest BCUT2D eigenvalue weighted by Gasteiger charge is 2.17. The molecule has 8 nitrogen and oxygen atoms in total. The molecule has 0 aliphatic carbocycles. The highest BCUT2D eigenvalue weighted by molar-refractivity contribution is 7.17. The lowest BCUT2D eigenvalue weighted by atomic mass is 10.1. The molecular weight excluding hydrogens is 438 g/mol. The maximum Gasteiger partial charge on any atom is 0.338 e. The Labute approximate surface area is 195 Å². The Morgan fingerprint density at radius 1 is 1.12 bits per heavy atom. The molecule has 1 amide bonds. The molecule has 1 N–H and O–H groups in total. The van der Waals surface area contributed by atoms with E-state index >= 15 is 0 Å². The number of hydrogen-bond acceptors (Lipinski definition) is 7. The number of thiazole rings is 1. The van der Waals surface area contributed by atoms with Crippen LogP contribution < -0.4 is 5.32 Å². The highest BCUT2D eigenvalue weighted by Crippen LogP contribution is 2.27. The van der Waals surface area contributed by atoms with E-state index in [1.807, 2.05) is 43.5 Å².